The van der Waals surface area contributed by atoms with Gasteiger partial charge in [0.2, 0.25) is 0 Å². The van der Waals surface area contributed by atoms with Gasteiger partial charge in [-0.25, -0.2) is 9.97 Å². The molecule has 1 aromatic heterocycles. The van der Waals surface area contributed by atoms with Gasteiger partial charge in [-0.3, -0.25) is 0 Å². The lowest BCUT2D eigenvalue weighted by Gasteiger charge is -2.04. The van der Waals surface area contributed by atoms with E-state index in [1.165, 1.54) is 19.2 Å². The molecule has 0 aromatic carbocycles. The van der Waals surface area contributed by atoms with E-state index in [0.717, 1.165) is 52.1 Å². The lowest BCUT2D eigenvalue weighted by atomic mass is 10.3. The molecule has 6 N–H and O–H groups in total. The Kier molecular flexibility index (Phi) is 17.0. The zero-order valence-electron chi connectivity index (χ0n) is 12.4. The van der Waals surface area contributed by atoms with E-state index in [0.29, 0.717) is 0 Å². The molecule has 0 spiro atoms. The molecule has 0 bridgehead atoms. The molecule has 116 valence electrons. The molecule has 20 heavy (non-hydrogen) atoms. The highest BCUT2D eigenvalue weighted by Gasteiger charge is 1.89. The summed E-state index contributed by atoms with van der Waals surface area (Å²) in [5.41, 5.74) is 10.8. The van der Waals surface area contributed by atoms with Crippen LogP contribution < -0.4 is 22.1 Å². The van der Waals surface area contributed by atoms with Crippen molar-refractivity contribution in [2.75, 3.05) is 39.3 Å². The summed E-state index contributed by atoms with van der Waals surface area (Å²) in [5, 5.41) is 6.72. The minimum atomic E-state index is 0.785. The average Bonchev–Trinajstić information content (AvgIpc) is 2.52. The van der Waals surface area contributed by atoms with Gasteiger partial charge in [0, 0.05) is 12.4 Å². The Labute approximate surface area is 122 Å². The van der Waals surface area contributed by atoms with Gasteiger partial charge in [0.25, 0.3) is 0 Å². The molecule has 0 aliphatic heterocycles. The van der Waals surface area contributed by atoms with Crippen LogP contribution in [0, 0.1) is 0 Å². The molecule has 1 rings (SSSR count). The maximum atomic E-state index is 5.38. The Hall–Kier alpha value is -1.08. The van der Waals surface area contributed by atoms with E-state index in [1.54, 1.807) is 18.5 Å². The van der Waals surface area contributed by atoms with Crippen LogP contribution in [0.2, 0.25) is 0 Å². The van der Waals surface area contributed by atoms with Gasteiger partial charge in [-0.15, -0.1) is 0 Å². The highest BCUT2D eigenvalue weighted by Crippen LogP contribution is 1.85. The predicted octanol–water partition coefficient (Wildman–Crippen LogP) is 0.120. The summed E-state index contributed by atoms with van der Waals surface area (Å²) < 4.78 is 0. The lowest BCUT2D eigenvalue weighted by Crippen LogP contribution is -2.22. The molecule has 1 aromatic rings. The Morgan fingerprint density at radius 2 is 1.15 bits per heavy atom. The molecule has 6 nitrogen and oxygen atoms in total. The van der Waals surface area contributed by atoms with Crippen LogP contribution in [-0.4, -0.2) is 49.2 Å². The largest absolute Gasteiger partial charge is 0.330 e. The van der Waals surface area contributed by atoms with Crippen molar-refractivity contribution in [2.45, 2.75) is 25.7 Å². The SMILES string of the molecule is NCCCNCCCCNCCCN.c1cncnc1. The third-order valence-corrected chi connectivity index (χ3v) is 2.55. The van der Waals surface area contributed by atoms with Crippen LogP contribution in [0.4, 0.5) is 0 Å². The quantitative estimate of drug-likeness (QED) is 0.430. The first-order valence-electron chi connectivity index (χ1n) is 7.43. The second-order valence-electron chi connectivity index (χ2n) is 4.40. The maximum absolute atomic E-state index is 5.38. The van der Waals surface area contributed by atoms with E-state index in [-0.39, 0.29) is 0 Å². The summed E-state index contributed by atoms with van der Waals surface area (Å²) in [5.74, 6) is 0. The second-order valence-corrected chi connectivity index (χ2v) is 4.40. The number of nitrogens with two attached hydrogens (primary N) is 2. The minimum Gasteiger partial charge on any atom is -0.330 e. The molecule has 0 fully saturated rings. The number of unbranched alkanes of at least 4 members (excludes halogenated alkanes) is 1. The summed E-state index contributed by atoms with van der Waals surface area (Å²) in [6.45, 7) is 5.90. The van der Waals surface area contributed by atoms with Gasteiger partial charge in [0.15, 0.2) is 0 Å². The number of hydrogen-bond donors (Lipinski definition) is 4. The normalized spacial score (nSPS) is 9.90. The topological polar surface area (TPSA) is 102 Å². The first kappa shape index (κ1) is 18.9. The molecule has 0 saturated carbocycles. The van der Waals surface area contributed by atoms with Crippen LogP contribution in [0.15, 0.2) is 24.8 Å². The number of nitrogens with zero attached hydrogens (tertiary/aromatic N) is 2. The summed E-state index contributed by atoms with van der Waals surface area (Å²) >= 11 is 0. The number of nitrogens with one attached hydrogen (secondary N) is 2. The van der Waals surface area contributed by atoms with Crippen molar-refractivity contribution in [3.8, 4) is 0 Å². The first-order chi connectivity index (χ1) is 9.91. The van der Waals surface area contributed by atoms with Gasteiger partial charge in [0.1, 0.15) is 6.33 Å². The monoisotopic (exact) mass is 282 g/mol. The van der Waals surface area contributed by atoms with E-state index in [4.69, 9.17) is 11.5 Å². The summed E-state index contributed by atoms with van der Waals surface area (Å²) in [6.07, 6.45) is 9.50. The summed E-state index contributed by atoms with van der Waals surface area (Å²) in [6, 6.07) is 1.78. The highest BCUT2D eigenvalue weighted by molar-refractivity contribution is 4.74. The first-order valence-corrected chi connectivity index (χ1v) is 7.43. The fourth-order valence-corrected chi connectivity index (χ4v) is 1.46. The number of hydrogen-bond acceptors (Lipinski definition) is 6. The zero-order chi connectivity index (χ0) is 14.7. The van der Waals surface area contributed by atoms with Crippen LogP contribution in [0.1, 0.15) is 25.7 Å². The van der Waals surface area contributed by atoms with Crippen molar-refractivity contribution in [1.82, 2.24) is 20.6 Å². The molecule has 0 saturated heterocycles. The van der Waals surface area contributed by atoms with Crippen LogP contribution >= 0.6 is 0 Å². The fraction of sp³-hybridized carbons (Fsp3) is 0.714. The van der Waals surface area contributed by atoms with Crippen LogP contribution in [0.25, 0.3) is 0 Å². The fourth-order valence-electron chi connectivity index (χ4n) is 1.46. The Bertz CT molecular complexity index is 218. The Morgan fingerprint density at radius 3 is 1.45 bits per heavy atom. The third-order valence-electron chi connectivity index (χ3n) is 2.55. The van der Waals surface area contributed by atoms with E-state index >= 15 is 0 Å². The van der Waals surface area contributed by atoms with E-state index < -0.39 is 0 Å². The predicted molar refractivity (Wildman–Crippen MR) is 84.3 cm³/mol. The average molecular weight is 282 g/mol. The van der Waals surface area contributed by atoms with Crippen LogP contribution in [0.3, 0.4) is 0 Å². The summed E-state index contributed by atoms with van der Waals surface area (Å²) in [7, 11) is 0. The molecule has 0 aliphatic rings. The van der Waals surface area contributed by atoms with Crippen molar-refractivity contribution in [1.29, 1.82) is 0 Å². The maximum Gasteiger partial charge on any atom is 0.115 e. The number of rotatable bonds is 11. The molecule has 6 heteroatoms. The van der Waals surface area contributed by atoms with Crippen molar-refractivity contribution < 1.29 is 0 Å². The Balaban J connectivity index is 0.000000493. The molecule has 0 amide bonds. The van der Waals surface area contributed by atoms with Gasteiger partial charge >= 0.3 is 0 Å². The molecule has 0 atom stereocenters. The van der Waals surface area contributed by atoms with Gasteiger partial charge in [0.05, 0.1) is 0 Å². The van der Waals surface area contributed by atoms with E-state index in [2.05, 4.69) is 20.6 Å². The highest BCUT2D eigenvalue weighted by atomic mass is 14.9. The van der Waals surface area contributed by atoms with Crippen molar-refractivity contribution in [3.05, 3.63) is 24.8 Å². The smallest absolute Gasteiger partial charge is 0.115 e. The standard InChI is InChI=1S/C10H26N4.C4H4N2/c11-5-3-9-13-7-1-2-8-14-10-4-6-12;1-2-5-4-6-3-1/h13-14H,1-12H2;1-4H. The molecule has 1 heterocycles. The van der Waals surface area contributed by atoms with E-state index in [9.17, 15) is 0 Å². The Morgan fingerprint density at radius 1 is 0.700 bits per heavy atom. The molecular formula is C14H30N6. The van der Waals surface area contributed by atoms with Crippen LogP contribution in [0.5, 0.6) is 0 Å². The number of aromatic nitrogens is 2. The third kappa shape index (κ3) is 16.9. The van der Waals surface area contributed by atoms with Crippen molar-refractivity contribution in [3.63, 3.8) is 0 Å². The zero-order valence-corrected chi connectivity index (χ0v) is 12.4. The summed E-state index contributed by atoms with van der Waals surface area (Å²) in [4.78, 5) is 7.35. The van der Waals surface area contributed by atoms with Gasteiger partial charge in [-0.05, 0) is 71.0 Å². The molecular weight excluding hydrogens is 252 g/mol. The minimum absolute atomic E-state index is 0.785. The lowest BCUT2D eigenvalue weighted by molar-refractivity contribution is 0.570. The molecule has 0 radical (unpaired) electrons. The van der Waals surface area contributed by atoms with Gasteiger partial charge < -0.3 is 22.1 Å². The van der Waals surface area contributed by atoms with Crippen molar-refractivity contribution in [2.24, 2.45) is 11.5 Å². The van der Waals surface area contributed by atoms with E-state index in [1.807, 2.05) is 0 Å². The van der Waals surface area contributed by atoms with Gasteiger partial charge in [-0.1, -0.05) is 0 Å². The van der Waals surface area contributed by atoms with Gasteiger partial charge in [-0.2, -0.15) is 0 Å². The second kappa shape index (κ2) is 17.9. The molecule has 0 unspecified atom stereocenters. The van der Waals surface area contributed by atoms with Crippen LogP contribution in [-0.2, 0) is 0 Å². The molecule has 0 aliphatic carbocycles. The van der Waals surface area contributed by atoms with Crippen molar-refractivity contribution >= 4 is 0 Å².